The maximum absolute atomic E-state index is 9.02. The van der Waals surface area contributed by atoms with Crippen molar-refractivity contribution in [3.05, 3.63) is 58.4 Å². The second-order valence-electron chi connectivity index (χ2n) is 4.97. The molecule has 0 spiro atoms. The van der Waals surface area contributed by atoms with Crippen molar-refractivity contribution in [3.8, 4) is 17.7 Å². The van der Waals surface area contributed by atoms with Gasteiger partial charge in [-0.15, -0.1) is 0 Å². The molecule has 3 aromatic rings. The average Bonchev–Trinajstić information content (AvgIpc) is 2.50. The number of aryl methyl sites for hydroxylation is 2. The van der Waals surface area contributed by atoms with Crippen LogP contribution >= 0.6 is 11.6 Å². The van der Waals surface area contributed by atoms with Crippen molar-refractivity contribution in [3.63, 3.8) is 0 Å². The SMILES string of the molecule is Cc1cc(C#N)cc(C)c1Oc1nc(Cl)nc2ccccc12. The summed E-state index contributed by atoms with van der Waals surface area (Å²) in [6.07, 6.45) is 0. The summed E-state index contributed by atoms with van der Waals surface area (Å²) in [6, 6.07) is 13.2. The molecule has 1 aromatic heterocycles. The smallest absolute Gasteiger partial charge is 0.231 e. The number of ether oxygens (including phenoxy) is 1. The largest absolute Gasteiger partial charge is 0.438 e. The predicted molar refractivity (Wildman–Crippen MR) is 85.3 cm³/mol. The van der Waals surface area contributed by atoms with Crippen LogP contribution in [-0.4, -0.2) is 9.97 Å². The zero-order valence-electron chi connectivity index (χ0n) is 12.1. The third-order valence-corrected chi connectivity index (χ3v) is 3.50. The minimum atomic E-state index is 0.137. The second-order valence-corrected chi connectivity index (χ2v) is 5.31. The molecule has 22 heavy (non-hydrogen) atoms. The van der Waals surface area contributed by atoms with Crippen LogP contribution in [0.15, 0.2) is 36.4 Å². The lowest BCUT2D eigenvalue weighted by molar-refractivity contribution is 0.461. The van der Waals surface area contributed by atoms with Crippen molar-refractivity contribution in [1.82, 2.24) is 9.97 Å². The first-order valence-corrected chi connectivity index (χ1v) is 7.08. The molecule has 0 atom stereocenters. The molecule has 4 nitrogen and oxygen atoms in total. The summed E-state index contributed by atoms with van der Waals surface area (Å²) in [4.78, 5) is 8.37. The average molecular weight is 310 g/mol. The summed E-state index contributed by atoms with van der Waals surface area (Å²) in [5.74, 6) is 1.09. The molecule has 0 N–H and O–H groups in total. The first-order valence-electron chi connectivity index (χ1n) is 6.70. The Labute approximate surface area is 133 Å². The molecule has 0 saturated carbocycles. The van der Waals surface area contributed by atoms with Gasteiger partial charge in [-0.3, -0.25) is 0 Å². The van der Waals surface area contributed by atoms with Gasteiger partial charge in [0.1, 0.15) is 5.75 Å². The van der Waals surface area contributed by atoms with Crippen LogP contribution in [0.1, 0.15) is 16.7 Å². The molecule has 0 aliphatic carbocycles. The van der Waals surface area contributed by atoms with E-state index in [4.69, 9.17) is 21.6 Å². The molecular formula is C17H12ClN3O. The summed E-state index contributed by atoms with van der Waals surface area (Å²) in [5.41, 5.74) is 3.07. The fourth-order valence-electron chi connectivity index (χ4n) is 2.37. The van der Waals surface area contributed by atoms with Gasteiger partial charge in [0.2, 0.25) is 11.2 Å². The third-order valence-electron chi connectivity index (χ3n) is 3.33. The van der Waals surface area contributed by atoms with Gasteiger partial charge in [0.25, 0.3) is 0 Å². The quantitative estimate of drug-likeness (QED) is 0.651. The molecule has 0 saturated heterocycles. The minimum absolute atomic E-state index is 0.137. The number of nitrogens with zero attached hydrogens (tertiary/aromatic N) is 3. The Morgan fingerprint density at radius 2 is 1.77 bits per heavy atom. The number of hydrogen-bond acceptors (Lipinski definition) is 4. The molecule has 0 aliphatic heterocycles. The molecule has 1 heterocycles. The fraction of sp³-hybridized carbons (Fsp3) is 0.118. The van der Waals surface area contributed by atoms with Gasteiger partial charge in [-0.2, -0.15) is 10.2 Å². The van der Waals surface area contributed by atoms with Gasteiger partial charge in [0.15, 0.2) is 0 Å². The summed E-state index contributed by atoms with van der Waals surface area (Å²) < 4.78 is 5.99. The van der Waals surface area contributed by atoms with E-state index >= 15 is 0 Å². The van der Waals surface area contributed by atoms with Crippen molar-refractivity contribution in [1.29, 1.82) is 5.26 Å². The van der Waals surface area contributed by atoms with Crippen LogP contribution in [0.25, 0.3) is 10.9 Å². The number of fused-ring (bicyclic) bond motifs is 1. The third kappa shape index (κ3) is 2.59. The number of benzene rings is 2. The van der Waals surface area contributed by atoms with Gasteiger partial charge < -0.3 is 4.74 Å². The molecule has 108 valence electrons. The van der Waals surface area contributed by atoms with Crippen molar-refractivity contribution in [2.75, 3.05) is 0 Å². The normalized spacial score (nSPS) is 10.5. The minimum Gasteiger partial charge on any atom is -0.438 e. The Morgan fingerprint density at radius 3 is 2.45 bits per heavy atom. The number of aromatic nitrogens is 2. The van der Waals surface area contributed by atoms with Crippen LogP contribution in [0.2, 0.25) is 5.28 Å². The molecule has 5 heteroatoms. The van der Waals surface area contributed by atoms with Crippen LogP contribution in [-0.2, 0) is 0 Å². The van der Waals surface area contributed by atoms with Crippen LogP contribution in [0.3, 0.4) is 0 Å². The van der Waals surface area contributed by atoms with E-state index in [1.807, 2.05) is 38.1 Å². The highest BCUT2D eigenvalue weighted by atomic mass is 35.5. The second kappa shape index (κ2) is 5.63. The first-order chi connectivity index (χ1) is 10.6. The van der Waals surface area contributed by atoms with Gasteiger partial charge in [-0.1, -0.05) is 12.1 Å². The van der Waals surface area contributed by atoms with Crippen LogP contribution < -0.4 is 4.74 Å². The maximum atomic E-state index is 9.02. The van der Waals surface area contributed by atoms with Crippen molar-refractivity contribution >= 4 is 22.5 Å². The van der Waals surface area contributed by atoms with Crippen LogP contribution in [0.5, 0.6) is 11.6 Å². The molecular weight excluding hydrogens is 298 g/mol. The van der Waals surface area contributed by atoms with Crippen LogP contribution in [0.4, 0.5) is 0 Å². The number of para-hydroxylation sites is 1. The molecule has 2 aromatic carbocycles. The number of rotatable bonds is 2. The van der Waals surface area contributed by atoms with E-state index < -0.39 is 0 Å². The van der Waals surface area contributed by atoms with E-state index in [1.54, 1.807) is 12.1 Å². The summed E-state index contributed by atoms with van der Waals surface area (Å²) in [5, 5.41) is 9.94. The molecule has 3 rings (SSSR count). The Hall–Kier alpha value is -2.64. The summed E-state index contributed by atoms with van der Waals surface area (Å²) in [7, 11) is 0. The molecule has 0 radical (unpaired) electrons. The Morgan fingerprint density at radius 1 is 1.09 bits per heavy atom. The molecule has 0 bridgehead atoms. The molecule has 0 fully saturated rings. The van der Waals surface area contributed by atoms with Crippen molar-refractivity contribution in [2.24, 2.45) is 0 Å². The topological polar surface area (TPSA) is 58.8 Å². The van der Waals surface area contributed by atoms with Gasteiger partial charge in [-0.05, 0) is 60.8 Å². The van der Waals surface area contributed by atoms with E-state index in [-0.39, 0.29) is 5.28 Å². The fourth-order valence-corrected chi connectivity index (χ4v) is 2.54. The van der Waals surface area contributed by atoms with E-state index in [2.05, 4.69) is 16.0 Å². The van der Waals surface area contributed by atoms with E-state index in [0.29, 0.717) is 17.2 Å². The van der Waals surface area contributed by atoms with Crippen molar-refractivity contribution in [2.45, 2.75) is 13.8 Å². The highest BCUT2D eigenvalue weighted by Gasteiger charge is 2.12. The standard InChI is InChI=1S/C17H12ClN3O/c1-10-7-12(9-19)8-11(2)15(10)22-16-13-5-3-4-6-14(13)20-17(18)21-16/h3-8H,1-2H3. The highest BCUT2D eigenvalue weighted by Crippen LogP contribution is 2.33. The van der Waals surface area contributed by atoms with E-state index in [1.165, 1.54) is 0 Å². The molecule has 0 aliphatic rings. The number of nitriles is 1. The molecule has 0 amide bonds. The van der Waals surface area contributed by atoms with Crippen LogP contribution in [0, 0.1) is 25.2 Å². The van der Waals surface area contributed by atoms with Gasteiger partial charge in [0, 0.05) is 0 Å². The Bertz CT molecular complexity index is 892. The monoisotopic (exact) mass is 309 g/mol. The van der Waals surface area contributed by atoms with Crippen molar-refractivity contribution < 1.29 is 4.74 Å². The number of halogens is 1. The Kier molecular flexibility index (Phi) is 3.66. The molecule has 0 unspecified atom stereocenters. The lowest BCUT2D eigenvalue weighted by Gasteiger charge is -2.13. The number of hydrogen-bond donors (Lipinski definition) is 0. The van der Waals surface area contributed by atoms with Gasteiger partial charge in [-0.25, -0.2) is 4.98 Å². The summed E-state index contributed by atoms with van der Waals surface area (Å²) >= 11 is 5.97. The van der Waals surface area contributed by atoms with Gasteiger partial charge in [0.05, 0.1) is 22.5 Å². The first kappa shape index (κ1) is 14.3. The lowest BCUT2D eigenvalue weighted by atomic mass is 10.1. The highest BCUT2D eigenvalue weighted by molar-refractivity contribution is 6.28. The lowest BCUT2D eigenvalue weighted by Crippen LogP contribution is -1.97. The van der Waals surface area contributed by atoms with E-state index in [9.17, 15) is 0 Å². The zero-order chi connectivity index (χ0) is 15.7. The Balaban J connectivity index is 2.13. The van der Waals surface area contributed by atoms with Gasteiger partial charge >= 0.3 is 0 Å². The summed E-state index contributed by atoms with van der Waals surface area (Å²) in [6.45, 7) is 3.79. The zero-order valence-corrected chi connectivity index (χ0v) is 12.8. The maximum Gasteiger partial charge on any atom is 0.231 e. The van der Waals surface area contributed by atoms with E-state index in [0.717, 1.165) is 22.0 Å². The predicted octanol–water partition coefficient (Wildman–Crippen LogP) is 4.56.